The first-order chi connectivity index (χ1) is 12.3. The Morgan fingerprint density at radius 2 is 2.08 bits per heavy atom. The largest absolute Gasteiger partial charge is 0.493 e. The highest BCUT2D eigenvalue weighted by molar-refractivity contribution is 7.90. The first-order valence-electron chi connectivity index (χ1n) is 7.26. The van der Waals surface area contributed by atoms with Gasteiger partial charge in [0.1, 0.15) is 0 Å². The van der Waals surface area contributed by atoms with Gasteiger partial charge in [-0.3, -0.25) is 4.79 Å². The van der Waals surface area contributed by atoms with E-state index < -0.39 is 9.84 Å². The number of sulfone groups is 1. The van der Waals surface area contributed by atoms with Gasteiger partial charge >= 0.3 is 0 Å². The summed E-state index contributed by atoms with van der Waals surface area (Å²) in [6.45, 7) is 0. The molecule has 0 spiro atoms. The number of hydrogen-bond donors (Lipinski definition) is 1. The number of aromatic nitrogens is 2. The Bertz CT molecular complexity index is 1070. The SMILES string of the molecule is COc1cnn(-c2csc(C(=O)Nc3cc(Cl)cc(S(C)(=O)=O)c3)c2)c1. The van der Waals surface area contributed by atoms with Crippen LogP contribution in [0.15, 0.2) is 46.9 Å². The molecular formula is C16H14ClN3O4S2. The molecule has 0 aliphatic heterocycles. The molecule has 0 radical (unpaired) electrons. The van der Waals surface area contributed by atoms with E-state index in [0.717, 1.165) is 6.26 Å². The van der Waals surface area contributed by atoms with Gasteiger partial charge in [-0.15, -0.1) is 11.3 Å². The van der Waals surface area contributed by atoms with Crippen molar-refractivity contribution in [2.24, 2.45) is 0 Å². The molecule has 1 aromatic carbocycles. The van der Waals surface area contributed by atoms with Gasteiger partial charge in [0.15, 0.2) is 15.6 Å². The number of anilines is 1. The summed E-state index contributed by atoms with van der Waals surface area (Å²) in [5.74, 6) is 0.233. The van der Waals surface area contributed by atoms with Crippen LogP contribution in [0.3, 0.4) is 0 Å². The molecule has 26 heavy (non-hydrogen) atoms. The Labute approximate surface area is 159 Å². The molecular weight excluding hydrogens is 398 g/mol. The van der Waals surface area contributed by atoms with Crippen LogP contribution in [0.1, 0.15) is 9.67 Å². The van der Waals surface area contributed by atoms with E-state index in [1.807, 2.05) is 0 Å². The zero-order valence-corrected chi connectivity index (χ0v) is 16.2. The first kappa shape index (κ1) is 18.4. The van der Waals surface area contributed by atoms with Gasteiger partial charge in [-0.1, -0.05) is 11.6 Å². The highest BCUT2D eigenvalue weighted by atomic mass is 35.5. The zero-order chi connectivity index (χ0) is 18.9. The molecule has 2 aromatic heterocycles. The third-order valence-electron chi connectivity index (χ3n) is 3.43. The lowest BCUT2D eigenvalue weighted by molar-refractivity contribution is 0.103. The van der Waals surface area contributed by atoms with Crippen LogP contribution in [0.4, 0.5) is 5.69 Å². The fourth-order valence-electron chi connectivity index (χ4n) is 2.16. The molecule has 0 saturated carbocycles. The molecule has 1 amide bonds. The number of thiophene rings is 1. The summed E-state index contributed by atoms with van der Waals surface area (Å²) in [5.41, 5.74) is 1.02. The average molecular weight is 412 g/mol. The number of methoxy groups -OCH3 is 1. The minimum Gasteiger partial charge on any atom is -0.493 e. The van der Waals surface area contributed by atoms with Gasteiger partial charge in [-0.2, -0.15) is 5.10 Å². The van der Waals surface area contributed by atoms with E-state index in [4.69, 9.17) is 16.3 Å². The standard InChI is InChI=1S/C16H14ClN3O4S2/c1-24-13-7-18-20(8-13)12-6-15(25-9-12)16(21)19-11-3-10(17)4-14(5-11)26(2,22)23/h3-9H,1-2H3,(H,19,21). The van der Waals surface area contributed by atoms with Crippen molar-refractivity contribution in [2.45, 2.75) is 4.90 Å². The minimum absolute atomic E-state index is 0.0378. The number of carbonyl (C=O) groups is 1. The van der Waals surface area contributed by atoms with Crippen molar-refractivity contribution in [1.82, 2.24) is 9.78 Å². The Kier molecular flexibility index (Phi) is 5.03. The van der Waals surface area contributed by atoms with Crippen molar-refractivity contribution < 1.29 is 17.9 Å². The summed E-state index contributed by atoms with van der Waals surface area (Å²) in [6, 6.07) is 5.86. The van der Waals surface area contributed by atoms with Crippen LogP contribution in [0.5, 0.6) is 5.75 Å². The number of nitrogens with one attached hydrogen (secondary N) is 1. The summed E-state index contributed by atoms with van der Waals surface area (Å²) in [6.07, 6.45) is 4.34. The molecule has 0 saturated heterocycles. The number of hydrogen-bond acceptors (Lipinski definition) is 6. The highest BCUT2D eigenvalue weighted by Crippen LogP contribution is 2.25. The van der Waals surface area contributed by atoms with Gasteiger partial charge in [0, 0.05) is 22.3 Å². The lowest BCUT2D eigenvalue weighted by Crippen LogP contribution is -2.11. The topological polar surface area (TPSA) is 90.3 Å². The molecule has 1 N–H and O–H groups in total. The van der Waals surface area contributed by atoms with Crippen LogP contribution in [0, 0.1) is 0 Å². The average Bonchev–Trinajstić information content (AvgIpc) is 3.22. The number of rotatable bonds is 5. The Morgan fingerprint density at radius 3 is 2.73 bits per heavy atom. The second-order valence-corrected chi connectivity index (χ2v) is 8.76. The fourth-order valence-corrected chi connectivity index (χ4v) is 3.91. The van der Waals surface area contributed by atoms with E-state index in [1.165, 1.54) is 29.5 Å². The van der Waals surface area contributed by atoms with Crippen LogP contribution in [0.2, 0.25) is 5.02 Å². The predicted molar refractivity (Wildman–Crippen MR) is 101 cm³/mol. The molecule has 0 atom stereocenters. The maximum Gasteiger partial charge on any atom is 0.265 e. The zero-order valence-electron chi connectivity index (χ0n) is 13.8. The number of amides is 1. The summed E-state index contributed by atoms with van der Waals surface area (Å²) in [5, 5.41) is 8.81. The van der Waals surface area contributed by atoms with Gasteiger partial charge in [-0.05, 0) is 24.3 Å². The van der Waals surface area contributed by atoms with E-state index in [0.29, 0.717) is 22.0 Å². The van der Waals surface area contributed by atoms with Gasteiger partial charge < -0.3 is 10.1 Å². The molecule has 0 fully saturated rings. The number of carbonyl (C=O) groups excluding carboxylic acids is 1. The fraction of sp³-hybridized carbons (Fsp3) is 0.125. The third kappa shape index (κ3) is 4.06. The monoisotopic (exact) mass is 411 g/mol. The van der Waals surface area contributed by atoms with Gasteiger partial charge in [0.2, 0.25) is 0 Å². The molecule has 0 bridgehead atoms. The van der Waals surface area contributed by atoms with E-state index in [-0.39, 0.29) is 15.8 Å². The number of nitrogens with zero attached hydrogens (tertiary/aromatic N) is 2. The summed E-state index contributed by atoms with van der Waals surface area (Å²) >= 11 is 7.19. The van der Waals surface area contributed by atoms with Crippen LogP contribution in [-0.4, -0.2) is 37.5 Å². The third-order valence-corrected chi connectivity index (χ3v) is 5.65. The predicted octanol–water partition coefficient (Wildman–Crippen LogP) is 3.25. The highest BCUT2D eigenvalue weighted by Gasteiger charge is 2.14. The van der Waals surface area contributed by atoms with E-state index >= 15 is 0 Å². The molecule has 2 heterocycles. The van der Waals surface area contributed by atoms with Crippen molar-refractivity contribution in [3.8, 4) is 11.4 Å². The number of ether oxygens (including phenoxy) is 1. The van der Waals surface area contributed by atoms with Crippen LogP contribution < -0.4 is 10.1 Å². The minimum atomic E-state index is -3.44. The Hall–Kier alpha value is -2.36. The van der Waals surface area contributed by atoms with Crippen molar-refractivity contribution >= 4 is 44.4 Å². The smallest absolute Gasteiger partial charge is 0.265 e. The molecule has 0 unspecified atom stereocenters. The normalized spacial score (nSPS) is 11.3. The molecule has 3 aromatic rings. The van der Waals surface area contributed by atoms with Crippen molar-refractivity contribution in [2.75, 3.05) is 18.7 Å². The summed E-state index contributed by atoms with van der Waals surface area (Å²) < 4.78 is 30.1. The lowest BCUT2D eigenvalue weighted by Gasteiger charge is -2.07. The number of halogens is 1. The van der Waals surface area contributed by atoms with Crippen LogP contribution in [-0.2, 0) is 9.84 Å². The van der Waals surface area contributed by atoms with E-state index in [9.17, 15) is 13.2 Å². The molecule has 3 rings (SSSR count). The van der Waals surface area contributed by atoms with Gasteiger partial charge in [0.25, 0.3) is 5.91 Å². The first-order valence-corrected chi connectivity index (χ1v) is 10.4. The molecule has 0 aliphatic carbocycles. The maximum absolute atomic E-state index is 12.4. The second-order valence-electron chi connectivity index (χ2n) is 5.40. The second kappa shape index (κ2) is 7.10. The maximum atomic E-state index is 12.4. The van der Waals surface area contributed by atoms with Crippen molar-refractivity contribution in [3.05, 3.63) is 51.9 Å². The van der Waals surface area contributed by atoms with E-state index in [2.05, 4.69) is 10.4 Å². The van der Waals surface area contributed by atoms with Gasteiger partial charge in [-0.25, -0.2) is 13.1 Å². The van der Waals surface area contributed by atoms with Crippen LogP contribution >= 0.6 is 22.9 Å². The van der Waals surface area contributed by atoms with Crippen LogP contribution in [0.25, 0.3) is 5.69 Å². The quantitative estimate of drug-likeness (QED) is 0.695. The van der Waals surface area contributed by atoms with Crippen molar-refractivity contribution in [3.63, 3.8) is 0 Å². The molecule has 136 valence electrons. The Balaban J connectivity index is 1.82. The number of benzene rings is 1. The molecule has 7 nitrogen and oxygen atoms in total. The van der Waals surface area contributed by atoms with Gasteiger partial charge in [0.05, 0.1) is 35.0 Å². The van der Waals surface area contributed by atoms with Crippen molar-refractivity contribution in [1.29, 1.82) is 0 Å². The van der Waals surface area contributed by atoms with E-state index in [1.54, 1.807) is 35.6 Å². The Morgan fingerprint density at radius 1 is 1.31 bits per heavy atom. The summed E-state index contributed by atoms with van der Waals surface area (Å²) in [7, 11) is -1.89. The lowest BCUT2D eigenvalue weighted by atomic mass is 10.3. The molecule has 0 aliphatic rings. The summed E-state index contributed by atoms with van der Waals surface area (Å²) in [4.78, 5) is 12.9. The molecule has 10 heteroatoms.